The first kappa shape index (κ1) is 15.2. The third-order valence-corrected chi connectivity index (χ3v) is 3.48. The number of pyridine rings is 1. The lowest BCUT2D eigenvalue weighted by Crippen LogP contribution is -2.32. The van der Waals surface area contributed by atoms with Crippen LogP contribution in [0.2, 0.25) is 0 Å². The molecule has 0 aromatic carbocycles. The summed E-state index contributed by atoms with van der Waals surface area (Å²) in [6, 6.07) is 5.41. The summed E-state index contributed by atoms with van der Waals surface area (Å²) >= 11 is 0. The maximum absolute atomic E-state index is 12.4. The van der Waals surface area contributed by atoms with E-state index < -0.39 is 0 Å². The van der Waals surface area contributed by atoms with Crippen LogP contribution in [0.5, 0.6) is 0 Å². The topological polar surface area (TPSA) is 63.5 Å². The van der Waals surface area contributed by atoms with Crippen LogP contribution in [0.1, 0.15) is 48.7 Å². The van der Waals surface area contributed by atoms with Crippen molar-refractivity contribution >= 4 is 11.6 Å². The number of nitrogens with one attached hydrogen (secondary N) is 1. The van der Waals surface area contributed by atoms with Gasteiger partial charge in [-0.3, -0.25) is 14.0 Å². The van der Waals surface area contributed by atoms with Crippen molar-refractivity contribution in [3.05, 3.63) is 46.0 Å². The summed E-state index contributed by atoms with van der Waals surface area (Å²) in [5, 5.41) is 2.79. The highest BCUT2D eigenvalue weighted by atomic mass is 16.2. The third-order valence-electron chi connectivity index (χ3n) is 3.48. The molecular formula is C16H21N3O2. The van der Waals surface area contributed by atoms with Gasteiger partial charge in [-0.05, 0) is 25.5 Å². The molecule has 2 rings (SSSR count). The van der Waals surface area contributed by atoms with Gasteiger partial charge in [0.1, 0.15) is 11.2 Å². The first-order chi connectivity index (χ1) is 10.1. The Labute approximate surface area is 124 Å². The van der Waals surface area contributed by atoms with E-state index >= 15 is 0 Å². The number of carbonyl (C=O) groups excluding carboxylic acids is 1. The average Bonchev–Trinajstić information content (AvgIpc) is 2.47. The molecule has 2 aromatic rings. The first-order valence-corrected chi connectivity index (χ1v) is 7.40. The number of hydrogen-bond donors (Lipinski definition) is 1. The molecule has 112 valence electrons. The number of hydrogen-bond acceptors (Lipinski definition) is 3. The van der Waals surface area contributed by atoms with Crippen LogP contribution in [0.3, 0.4) is 0 Å². The maximum atomic E-state index is 12.4. The van der Waals surface area contributed by atoms with E-state index in [1.165, 1.54) is 10.6 Å². The van der Waals surface area contributed by atoms with Gasteiger partial charge in [0.25, 0.3) is 11.5 Å². The van der Waals surface area contributed by atoms with Crippen molar-refractivity contribution in [2.45, 2.75) is 39.5 Å². The van der Waals surface area contributed by atoms with E-state index in [1.807, 2.05) is 19.1 Å². The quantitative estimate of drug-likeness (QED) is 0.829. The molecule has 2 heterocycles. The second-order valence-corrected chi connectivity index (χ2v) is 5.15. The number of amides is 1. The SMILES string of the molecule is CCCCCCNC(=O)c1cnc2cccc(C)n2c1=O. The third kappa shape index (κ3) is 3.48. The fourth-order valence-corrected chi connectivity index (χ4v) is 2.28. The van der Waals surface area contributed by atoms with Crippen LogP contribution in [0.15, 0.2) is 29.2 Å². The van der Waals surface area contributed by atoms with Gasteiger partial charge in [-0.25, -0.2) is 4.98 Å². The Kier molecular flexibility index (Phi) is 5.09. The van der Waals surface area contributed by atoms with Crippen LogP contribution >= 0.6 is 0 Å². The maximum Gasteiger partial charge on any atom is 0.270 e. The fraction of sp³-hybridized carbons (Fsp3) is 0.438. The monoisotopic (exact) mass is 287 g/mol. The average molecular weight is 287 g/mol. The highest BCUT2D eigenvalue weighted by molar-refractivity contribution is 5.93. The Morgan fingerprint density at radius 1 is 1.29 bits per heavy atom. The molecule has 0 unspecified atom stereocenters. The second-order valence-electron chi connectivity index (χ2n) is 5.15. The number of aromatic nitrogens is 2. The van der Waals surface area contributed by atoms with Gasteiger partial charge in [-0.1, -0.05) is 32.3 Å². The minimum atomic E-state index is -0.346. The van der Waals surface area contributed by atoms with E-state index in [2.05, 4.69) is 17.2 Å². The van der Waals surface area contributed by atoms with Crippen molar-refractivity contribution in [3.8, 4) is 0 Å². The Morgan fingerprint density at radius 3 is 2.86 bits per heavy atom. The normalized spacial score (nSPS) is 10.8. The highest BCUT2D eigenvalue weighted by Gasteiger charge is 2.13. The molecule has 0 saturated heterocycles. The van der Waals surface area contributed by atoms with E-state index in [-0.39, 0.29) is 17.0 Å². The molecule has 1 amide bonds. The fourth-order valence-electron chi connectivity index (χ4n) is 2.28. The molecule has 0 bridgehead atoms. The summed E-state index contributed by atoms with van der Waals surface area (Å²) in [6.45, 7) is 4.56. The molecule has 0 fully saturated rings. The summed E-state index contributed by atoms with van der Waals surface area (Å²) in [6.07, 6.45) is 5.70. The van der Waals surface area contributed by atoms with Gasteiger partial charge in [0, 0.05) is 18.4 Å². The van der Waals surface area contributed by atoms with Crippen LogP contribution in [0.25, 0.3) is 5.65 Å². The van der Waals surface area contributed by atoms with Gasteiger partial charge < -0.3 is 5.32 Å². The number of rotatable bonds is 6. The minimum absolute atomic E-state index is 0.0947. The van der Waals surface area contributed by atoms with Gasteiger partial charge in [-0.2, -0.15) is 0 Å². The van der Waals surface area contributed by atoms with E-state index in [4.69, 9.17) is 0 Å². The van der Waals surface area contributed by atoms with Gasteiger partial charge >= 0.3 is 0 Å². The number of carbonyl (C=O) groups is 1. The zero-order valence-corrected chi connectivity index (χ0v) is 12.6. The smallest absolute Gasteiger partial charge is 0.270 e. The number of unbranched alkanes of at least 4 members (excludes halogenated alkanes) is 3. The standard InChI is InChI=1S/C16H21N3O2/c1-3-4-5-6-10-17-15(20)13-11-18-14-9-7-8-12(2)19(14)16(13)21/h7-9,11H,3-6,10H2,1-2H3,(H,17,20). The zero-order chi connectivity index (χ0) is 15.2. The zero-order valence-electron chi connectivity index (χ0n) is 12.6. The summed E-state index contributed by atoms with van der Waals surface area (Å²) in [7, 11) is 0. The summed E-state index contributed by atoms with van der Waals surface area (Å²) < 4.78 is 1.46. The van der Waals surface area contributed by atoms with Gasteiger partial charge in [0.05, 0.1) is 0 Å². The van der Waals surface area contributed by atoms with Gasteiger partial charge in [0.15, 0.2) is 0 Å². The summed E-state index contributed by atoms with van der Waals surface area (Å²) in [5.74, 6) is -0.346. The Bertz CT molecular complexity index is 691. The Hall–Kier alpha value is -2.17. The van der Waals surface area contributed by atoms with E-state index in [0.717, 1.165) is 31.4 Å². The summed E-state index contributed by atoms with van der Waals surface area (Å²) in [5.41, 5.74) is 1.10. The van der Waals surface area contributed by atoms with Crippen molar-refractivity contribution in [3.63, 3.8) is 0 Å². The predicted molar refractivity (Wildman–Crippen MR) is 82.7 cm³/mol. The van der Waals surface area contributed by atoms with Crippen LogP contribution in [-0.4, -0.2) is 21.8 Å². The lowest BCUT2D eigenvalue weighted by molar-refractivity contribution is 0.0951. The lowest BCUT2D eigenvalue weighted by atomic mass is 10.2. The lowest BCUT2D eigenvalue weighted by Gasteiger charge is -2.07. The Morgan fingerprint density at radius 2 is 2.10 bits per heavy atom. The van der Waals surface area contributed by atoms with Crippen LogP contribution in [-0.2, 0) is 0 Å². The van der Waals surface area contributed by atoms with E-state index in [0.29, 0.717) is 12.2 Å². The highest BCUT2D eigenvalue weighted by Crippen LogP contribution is 2.03. The molecule has 0 aliphatic heterocycles. The van der Waals surface area contributed by atoms with Gasteiger partial charge in [0.2, 0.25) is 0 Å². The number of fused-ring (bicyclic) bond motifs is 1. The van der Waals surface area contributed by atoms with Crippen molar-refractivity contribution in [1.29, 1.82) is 0 Å². The largest absolute Gasteiger partial charge is 0.352 e. The van der Waals surface area contributed by atoms with Crippen LogP contribution in [0, 0.1) is 6.92 Å². The molecular weight excluding hydrogens is 266 g/mol. The van der Waals surface area contributed by atoms with E-state index in [1.54, 1.807) is 6.07 Å². The van der Waals surface area contributed by atoms with Crippen LogP contribution in [0.4, 0.5) is 0 Å². The number of aryl methyl sites for hydroxylation is 1. The molecule has 2 aromatic heterocycles. The minimum Gasteiger partial charge on any atom is -0.352 e. The molecule has 5 nitrogen and oxygen atoms in total. The molecule has 0 aliphatic rings. The van der Waals surface area contributed by atoms with Crippen molar-refractivity contribution in [2.75, 3.05) is 6.54 Å². The molecule has 5 heteroatoms. The molecule has 0 radical (unpaired) electrons. The van der Waals surface area contributed by atoms with Crippen molar-refractivity contribution in [2.24, 2.45) is 0 Å². The first-order valence-electron chi connectivity index (χ1n) is 7.40. The van der Waals surface area contributed by atoms with Gasteiger partial charge in [-0.15, -0.1) is 0 Å². The van der Waals surface area contributed by atoms with Crippen molar-refractivity contribution in [1.82, 2.24) is 14.7 Å². The molecule has 0 atom stereocenters. The predicted octanol–water partition coefficient (Wildman–Crippen LogP) is 2.31. The van der Waals surface area contributed by atoms with Crippen molar-refractivity contribution < 1.29 is 4.79 Å². The molecule has 0 saturated carbocycles. The molecule has 1 N–H and O–H groups in total. The molecule has 21 heavy (non-hydrogen) atoms. The van der Waals surface area contributed by atoms with Crippen LogP contribution < -0.4 is 10.9 Å². The molecule has 0 spiro atoms. The van der Waals surface area contributed by atoms with E-state index in [9.17, 15) is 9.59 Å². The second kappa shape index (κ2) is 7.02. The summed E-state index contributed by atoms with van der Waals surface area (Å²) in [4.78, 5) is 28.7. The molecule has 0 aliphatic carbocycles. The Balaban J connectivity index is 2.15. The number of nitrogens with zero attached hydrogens (tertiary/aromatic N) is 2.